The van der Waals surface area contributed by atoms with Gasteiger partial charge in [-0.15, -0.1) is 11.3 Å². The molecule has 0 aliphatic heterocycles. The number of methoxy groups -OCH3 is 2. The Hall–Kier alpha value is -3.85. The molecule has 8 nitrogen and oxygen atoms in total. The number of rotatable bonds is 8. The van der Waals surface area contributed by atoms with E-state index in [9.17, 15) is 9.59 Å². The van der Waals surface area contributed by atoms with Gasteiger partial charge in [0.05, 0.1) is 32.0 Å². The van der Waals surface area contributed by atoms with E-state index in [4.69, 9.17) is 14.2 Å². The van der Waals surface area contributed by atoms with Crippen LogP contribution in [0.2, 0.25) is 0 Å². The molecule has 0 spiro atoms. The van der Waals surface area contributed by atoms with Crippen LogP contribution in [0.3, 0.4) is 0 Å². The van der Waals surface area contributed by atoms with Crippen molar-refractivity contribution in [2.75, 3.05) is 19.5 Å². The van der Waals surface area contributed by atoms with Crippen LogP contribution in [0.4, 0.5) is 5.69 Å². The van der Waals surface area contributed by atoms with Gasteiger partial charge in [-0.3, -0.25) is 14.2 Å². The summed E-state index contributed by atoms with van der Waals surface area (Å²) in [7, 11) is 3.13. The molecule has 0 radical (unpaired) electrons. The number of nitrogens with one attached hydrogen (secondary N) is 1. The largest absolute Gasteiger partial charge is 0.493 e. The molecule has 0 saturated carbocycles. The normalized spacial score (nSPS) is 11.0. The van der Waals surface area contributed by atoms with Gasteiger partial charge in [-0.05, 0) is 55.8 Å². The molecule has 0 unspecified atom stereocenters. The maximum atomic E-state index is 13.3. The van der Waals surface area contributed by atoms with E-state index in [1.165, 1.54) is 22.2 Å². The number of fused-ring (bicyclic) bond motifs is 1. The molecule has 0 saturated heterocycles. The van der Waals surface area contributed by atoms with Crippen molar-refractivity contribution >= 4 is 33.1 Å². The van der Waals surface area contributed by atoms with Gasteiger partial charge in [0.15, 0.2) is 11.5 Å². The van der Waals surface area contributed by atoms with Crippen molar-refractivity contribution in [3.63, 3.8) is 0 Å². The van der Waals surface area contributed by atoms with E-state index in [0.29, 0.717) is 27.4 Å². The second-order valence-corrected chi connectivity index (χ2v) is 8.67. The van der Waals surface area contributed by atoms with Crippen molar-refractivity contribution in [2.24, 2.45) is 0 Å². The number of amides is 1. The number of carbonyl (C=O) groups is 1. The highest BCUT2D eigenvalue weighted by molar-refractivity contribution is 7.17. The summed E-state index contributed by atoms with van der Waals surface area (Å²) in [5.74, 6) is 1.55. The van der Waals surface area contributed by atoms with Gasteiger partial charge in [0.1, 0.15) is 17.1 Å². The summed E-state index contributed by atoms with van der Waals surface area (Å²) in [6.45, 7) is 3.73. The van der Waals surface area contributed by atoms with Gasteiger partial charge in [0, 0.05) is 16.6 Å². The molecule has 4 rings (SSSR count). The van der Waals surface area contributed by atoms with E-state index in [2.05, 4.69) is 10.3 Å². The molecular formula is C25H25N3O5S. The lowest BCUT2D eigenvalue weighted by Crippen LogP contribution is -2.27. The van der Waals surface area contributed by atoms with Gasteiger partial charge in [0.2, 0.25) is 5.91 Å². The van der Waals surface area contributed by atoms with E-state index in [1.54, 1.807) is 44.6 Å². The summed E-state index contributed by atoms with van der Waals surface area (Å²) in [6.07, 6.45) is 1.47. The minimum absolute atomic E-state index is 0.0655. The smallest absolute Gasteiger partial charge is 0.263 e. The standard InChI is InChI=1S/C25H25N3O5S/c1-15(2)33-18-8-6-17(7-9-18)27-22(29)12-28-14-26-24-23(25(28)30)19(13-34-24)16-5-10-20(31-3)21(11-16)32-4/h5-11,13-15H,12H2,1-4H3,(H,27,29). The Morgan fingerprint density at radius 2 is 1.82 bits per heavy atom. The second-order valence-electron chi connectivity index (χ2n) is 7.82. The lowest BCUT2D eigenvalue weighted by Gasteiger charge is -2.11. The van der Waals surface area contributed by atoms with Crippen molar-refractivity contribution in [2.45, 2.75) is 26.5 Å². The molecule has 0 aliphatic carbocycles. The number of thiophene rings is 1. The third kappa shape index (κ3) is 4.89. The van der Waals surface area contributed by atoms with Gasteiger partial charge in [-0.2, -0.15) is 0 Å². The van der Waals surface area contributed by atoms with Crippen LogP contribution >= 0.6 is 11.3 Å². The second kappa shape index (κ2) is 9.96. The first-order chi connectivity index (χ1) is 16.4. The summed E-state index contributed by atoms with van der Waals surface area (Å²) in [6, 6.07) is 12.6. The zero-order valence-electron chi connectivity index (χ0n) is 19.3. The first-order valence-corrected chi connectivity index (χ1v) is 11.5. The average Bonchev–Trinajstić information content (AvgIpc) is 3.26. The molecule has 1 amide bonds. The fourth-order valence-corrected chi connectivity index (χ4v) is 4.45. The van der Waals surface area contributed by atoms with Crippen LogP contribution in [-0.4, -0.2) is 35.8 Å². The Morgan fingerprint density at radius 3 is 2.50 bits per heavy atom. The average molecular weight is 480 g/mol. The summed E-state index contributed by atoms with van der Waals surface area (Å²) in [5.41, 5.74) is 1.86. The number of ether oxygens (including phenoxy) is 3. The summed E-state index contributed by atoms with van der Waals surface area (Å²) in [4.78, 5) is 30.9. The van der Waals surface area contributed by atoms with E-state index in [0.717, 1.165) is 16.9 Å². The maximum absolute atomic E-state index is 13.3. The van der Waals surface area contributed by atoms with Gasteiger partial charge >= 0.3 is 0 Å². The van der Waals surface area contributed by atoms with Gasteiger partial charge in [-0.25, -0.2) is 4.98 Å². The molecule has 34 heavy (non-hydrogen) atoms. The molecule has 2 aromatic heterocycles. The van der Waals surface area contributed by atoms with Crippen molar-refractivity contribution in [3.05, 3.63) is 64.5 Å². The maximum Gasteiger partial charge on any atom is 0.263 e. The van der Waals surface area contributed by atoms with Crippen LogP contribution in [0.1, 0.15) is 13.8 Å². The Balaban J connectivity index is 1.58. The SMILES string of the molecule is COc1ccc(-c2csc3ncn(CC(=O)Nc4ccc(OC(C)C)cc4)c(=O)c23)cc1OC. The van der Waals surface area contributed by atoms with Crippen molar-refractivity contribution in [1.29, 1.82) is 0 Å². The molecule has 2 heterocycles. The quantitative estimate of drug-likeness (QED) is 0.398. The minimum Gasteiger partial charge on any atom is -0.493 e. The Bertz CT molecular complexity index is 1380. The minimum atomic E-state index is -0.330. The van der Waals surface area contributed by atoms with Crippen molar-refractivity contribution in [1.82, 2.24) is 9.55 Å². The van der Waals surface area contributed by atoms with Crippen LogP contribution in [0.5, 0.6) is 17.2 Å². The molecular weight excluding hydrogens is 454 g/mol. The molecule has 0 bridgehead atoms. The number of benzene rings is 2. The summed E-state index contributed by atoms with van der Waals surface area (Å²) in [5, 5.41) is 5.15. The van der Waals surface area contributed by atoms with Crippen LogP contribution in [0.15, 0.2) is 59.0 Å². The monoisotopic (exact) mass is 479 g/mol. The Morgan fingerprint density at radius 1 is 1.09 bits per heavy atom. The Kier molecular flexibility index (Phi) is 6.83. The first kappa shape index (κ1) is 23.3. The molecule has 0 fully saturated rings. The van der Waals surface area contributed by atoms with Crippen molar-refractivity contribution in [3.8, 4) is 28.4 Å². The fraction of sp³-hybridized carbons (Fsp3) is 0.240. The predicted octanol–water partition coefficient (Wildman–Crippen LogP) is 4.57. The summed E-state index contributed by atoms with van der Waals surface area (Å²) >= 11 is 1.37. The lowest BCUT2D eigenvalue weighted by atomic mass is 10.1. The number of nitrogens with zero attached hydrogens (tertiary/aromatic N) is 2. The van der Waals surface area contributed by atoms with Crippen molar-refractivity contribution < 1.29 is 19.0 Å². The Labute approximate surface area is 200 Å². The molecule has 0 aliphatic rings. The highest BCUT2D eigenvalue weighted by atomic mass is 32.1. The van der Waals surface area contributed by atoms with Gasteiger partial charge in [0.25, 0.3) is 5.56 Å². The lowest BCUT2D eigenvalue weighted by molar-refractivity contribution is -0.116. The predicted molar refractivity (Wildman–Crippen MR) is 133 cm³/mol. The van der Waals surface area contributed by atoms with Gasteiger partial charge < -0.3 is 19.5 Å². The van der Waals surface area contributed by atoms with E-state index >= 15 is 0 Å². The topological polar surface area (TPSA) is 91.7 Å². The van der Waals surface area contributed by atoms with Crippen LogP contribution in [-0.2, 0) is 11.3 Å². The molecule has 1 N–H and O–H groups in total. The molecule has 2 aromatic carbocycles. The number of carbonyl (C=O) groups excluding carboxylic acids is 1. The van der Waals surface area contributed by atoms with Gasteiger partial charge in [-0.1, -0.05) is 6.07 Å². The third-order valence-electron chi connectivity index (χ3n) is 5.08. The van der Waals surface area contributed by atoms with Crippen LogP contribution < -0.4 is 25.1 Å². The number of hydrogen-bond acceptors (Lipinski definition) is 7. The highest BCUT2D eigenvalue weighted by Gasteiger charge is 2.16. The van der Waals surface area contributed by atoms with Crippen LogP contribution in [0, 0.1) is 0 Å². The molecule has 4 aromatic rings. The van der Waals surface area contributed by atoms with Crippen LogP contribution in [0.25, 0.3) is 21.3 Å². The fourth-order valence-electron chi connectivity index (χ4n) is 3.54. The van der Waals surface area contributed by atoms with E-state index < -0.39 is 0 Å². The molecule has 176 valence electrons. The zero-order valence-corrected chi connectivity index (χ0v) is 20.1. The zero-order chi connectivity index (χ0) is 24.2. The summed E-state index contributed by atoms with van der Waals surface area (Å²) < 4.78 is 17.6. The van der Waals surface area contributed by atoms with E-state index in [-0.39, 0.29) is 24.1 Å². The number of aromatic nitrogens is 2. The third-order valence-corrected chi connectivity index (χ3v) is 5.97. The molecule has 0 atom stereocenters. The highest BCUT2D eigenvalue weighted by Crippen LogP contribution is 2.36. The molecule has 9 heteroatoms. The number of anilines is 1. The number of hydrogen-bond donors (Lipinski definition) is 1. The van der Waals surface area contributed by atoms with E-state index in [1.807, 2.05) is 31.4 Å². The first-order valence-electron chi connectivity index (χ1n) is 10.6.